The first kappa shape index (κ1) is 21.9. The summed E-state index contributed by atoms with van der Waals surface area (Å²) in [5, 5.41) is 7.02. The third-order valence-electron chi connectivity index (χ3n) is 6.27. The molecule has 2 aliphatic rings. The zero-order chi connectivity index (χ0) is 22.6. The number of hydrogen-bond donors (Lipinski definition) is 2. The fourth-order valence-corrected chi connectivity index (χ4v) is 5.69. The lowest BCUT2D eigenvalue weighted by atomic mass is 9.97. The molecule has 0 aliphatic carbocycles. The van der Waals surface area contributed by atoms with Crippen LogP contribution in [0.1, 0.15) is 33.0 Å². The molecule has 4 heterocycles. The van der Waals surface area contributed by atoms with Gasteiger partial charge in [-0.15, -0.1) is 11.3 Å². The van der Waals surface area contributed by atoms with Gasteiger partial charge in [0, 0.05) is 71.4 Å². The van der Waals surface area contributed by atoms with Crippen molar-refractivity contribution in [3.05, 3.63) is 94.1 Å². The molecule has 0 radical (unpaired) electrons. The maximum absolute atomic E-state index is 4.41. The molecule has 170 valence electrons. The summed E-state index contributed by atoms with van der Waals surface area (Å²) in [6.07, 6.45) is 5.27. The lowest BCUT2D eigenvalue weighted by molar-refractivity contribution is 0.287. The predicted octanol–water partition coefficient (Wildman–Crippen LogP) is 4.86. The van der Waals surface area contributed by atoms with Crippen LogP contribution in [0.4, 0.5) is 5.69 Å². The molecule has 1 saturated heterocycles. The molecule has 2 aliphatic heterocycles. The number of thiophene rings is 1. The summed E-state index contributed by atoms with van der Waals surface area (Å²) in [6, 6.07) is 17.0. The fourth-order valence-electron chi connectivity index (χ4n) is 4.43. The molecule has 3 aromatic rings. The molecule has 0 atom stereocenters. The van der Waals surface area contributed by atoms with Crippen LogP contribution < -0.4 is 10.6 Å². The number of nitrogens with zero attached hydrogens (tertiary/aromatic N) is 3. The molecule has 5 rings (SSSR count). The van der Waals surface area contributed by atoms with Crippen LogP contribution in [0.5, 0.6) is 0 Å². The van der Waals surface area contributed by atoms with E-state index in [9.17, 15) is 0 Å². The summed E-state index contributed by atoms with van der Waals surface area (Å²) in [7, 11) is 2.09. The van der Waals surface area contributed by atoms with E-state index in [0.29, 0.717) is 6.54 Å². The molecule has 2 N–H and O–H groups in total. The van der Waals surface area contributed by atoms with Crippen molar-refractivity contribution >= 4 is 28.3 Å². The van der Waals surface area contributed by atoms with E-state index in [-0.39, 0.29) is 0 Å². The highest BCUT2D eigenvalue weighted by atomic mass is 32.1. The van der Waals surface area contributed by atoms with E-state index in [1.165, 1.54) is 32.9 Å². The number of anilines is 1. The lowest BCUT2D eigenvalue weighted by Crippen LogP contribution is -2.27. The van der Waals surface area contributed by atoms with Crippen molar-refractivity contribution in [2.45, 2.75) is 19.5 Å². The summed E-state index contributed by atoms with van der Waals surface area (Å²) in [6.45, 7) is 10.5. The minimum atomic E-state index is 0.707. The van der Waals surface area contributed by atoms with Gasteiger partial charge in [-0.25, -0.2) is 0 Å². The molecule has 2 aromatic heterocycles. The normalized spacial score (nSPS) is 16.8. The van der Waals surface area contributed by atoms with Crippen LogP contribution in [0.15, 0.2) is 67.5 Å². The first-order chi connectivity index (χ1) is 16.2. The molecule has 0 amide bonds. The Kier molecular flexibility index (Phi) is 6.58. The third kappa shape index (κ3) is 5.03. The van der Waals surface area contributed by atoms with Crippen molar-refractivity contribution in [3.8, 4) is 0 Å². The maximum atomic E-state index is 4.41. The second kappa shape index (κ2) is 9.91. The quantitative estimate of drug-likeness (QED) is 0.554. The van der Waals surface area contributed by atoms with Crippen LogP contribution in [0.25, 0.3) is 11.3 Å². The van der Waals surface area contributed by atoms with E-state index in [2.05, 4.69) is 75.6 Å². The van der Waals surface area contributed by atoms with Crippen LogP contribution in [0.2, 0.25) is 0 Å². The molecule has 1 fully saturated rings. The number of nitrogens with one attached hydrogen (secondary N) is 2. The SMILES string of the molecule is C=C1c2cc(CN3CCCNCC3)sc2C(c2cccc(NCc3ccccn3)c2)=CN1C. The van der Waals surface area contributed by atoms with E-state index in [4.69, 9.17) is 0 Å². The first-order valence-corrected chi connectivity index (χ1v) is 12.4. The molecule has 33 heavy (non-hydrogen) atoms. The summed E-state index contributed by atoms with van der Waals surface area (Å²) >= 11 is 1.91. The van der Waals surface area contributed by atoms with E-state index >= 15 is 0 Å². The van der Waals surface area contributed by atoms with Crippen molar-refractivity contribution in [1.29, 1.82) is 0 Å². The molecular formula is C27H31N5S. The number of pyridine rings is 1. The Labute approximate surface area is 200 Å². The topological polar surface area (TPSA) is 43.4 Å². The molecule has 6 heteroatoms. The minimum absolute atomic E-state index is 0.707. The van der Waals surface area contributed by atoms with Gasteiger partial charge in [0.25, 0.3) is 0 Å². The highest BCUT2D eigenvalue weighted by molar-refractivity contribution is 7.13. The van der Waals surface area contributed by atoms with E-state index < -0.39 is 0 Å². The highest BCUT2D eigenvalue weighted by Gasteiger charge is 2.24. The van der Waals surface area contributed by atoms with Crippen LogP contribution in [-0.2, 0) is 13.1 Å². The Balaban J connectivity index is 1.39. The average Bonchev–Trinajstić information content (AvgIpc) is 3.09. The third-order valence-corrected chi connectivity index (χ3v) is 7.43. The molecule has 0 unspecified atom stereocenters. The standard InChI is InChI=1S/C27H31N5S/c1-20-25-16-24(18-32-13-6-10-28-12-14-32)33-27(25)26(19-31(20)2)21-7-5-9-22(15-21)30-17-23-8-3-4-11-29-23/h3-5,7-9,11,15-16,19,28,30H,1,6,10,12-14,17-18H2,2H3. The fraction of sp³-hybridized carbons (Fsp3) is 0.296. The molecule has 1 aromatic carbocycles. The first-order valence-electron chi connectivity index (χ1n) is 11.6. The number of benzene rings is 1. The summed E-state index contributed by atoms with van der Waals surface area (Å²) in [5.74, 6) is 0. The Morgan fingerprint density at radius 3 is 2.94 bits per heavy atom. The van der Waals surface area contributed by atoms with Crippen LogP contribution in [-0.4, -0.2) is 48.0 Å². The Morgan fingerprint density at radius 1 is 1.12 bits per heavy atom. The Hall–Kier alpha value is -2.93. The second-order valence-corrected chi connectivity index (χ2v) is 9.83. The van der Waals surface area contributed by atoms with Crippen molar-refractivity contribution < 1.29 is 0 Å². The summed E-state index contributed by atoms with van der Waals surface area (Å²) < 4.78 is 0. The number of aromatic nitrogens is 1. The lowest BCUT2D eigenvalue weighted by Gasteiger charge is -2.25. The number of rotatable bonds is 6. The zero-order valence-electron chi connectivity index (χ0n) is 19.2. The van der Waals surface area contributed by atoms with Gasteiger partial charge in [-0.05, 0) is 55.4 Å². The molecule has 0 saturated carbocycles. The van der Waals surface area contributed by atoms with Gasteiger partial charge in [0.1, 0.15) is 0 Å². The molecule has 0 spiro atoms. The van der Waals surface area contributed by atoms with Crippen molar-refractivity contribution in [3.63, 3.8) is 0 Å². The van der Waals surface area contributed by atoms with Gasteiger partial charge in [-0.1, -0.05) is 24.8 Å². The zero-order valence-corrected chi connectivity index (χ0v) is 20.0. The van der Waals surface area contributed by atoms with Crippen molar-refractivity contribution in [2.24, 2.45) is 0 Å². The number of hydrogen-bond acceptors (Lipinski definition) is 6. The predicted molar refractivity (Wildman–Crippen MR) is 139 cm³/mol. The van der Waals surface area contributed by atoms with Crippen LogP contribution in [0.3, 0.4) is 0 Å². The van der Waals surface area contributed by atoms with Crippen molar-refractivity contribution in [2.75, 3.05) is 38.5 Å². The summed E-state index contributed by atoms with van der Waals surface area (Å²) in [5.41, 5.74) is 6.93. The number of fused-ring (bicyclic) bond motifs is 1. The van der Waals surface area contributed by atoms with E-state index in [0.717, 1.165) is 49.8 Å². The van der Waals surface area contributed by atoms with Gasteiger partial charge in [-0.2, -0.15) is 0 Å². The van der Waals surface area contributed by atoms with Gasteiger partial charge in [0.05, 0.1) is 12.2 Å². The Bertz CT molecular complexity index is 1140. The largest absolute Gasteiger partial charge is 0.379 e. The van der Waals surface area contributed by atoms with E-state index in [1.807, 2.05) is 35.7 Å². The highest BCUT2D eigenvalue weighted by Crippen LogP contribution is 2.42. The monoisotopic (exact) mass is 457 g/mol. The van der Waals surface area contributed by atoms with Gasteiger partial charge in [0.15, 0.2) is 0 Å². The van der Waals surface area contributed by atoms with Crippen molar-refractivity contribution in [1.82, 2.24) is 20.1 Å². The van der Waals surface area contributed by atoms with Gasteiger partial charge >= 0.3 is 0 Å². The van der Waals surface area contributed by atoms with E-state index in [1.54, 1.807) is 0 Å². The molecular weight excluding hydrogens is 426 g/mol. The molecule has 0 bridgehead atoms. The van der Waals surface area contributed by atoms with Crippen LogP contribution in [0, 0.1) is 0 Å². The minimum Gasteiger partial charge on any atom is -0.379 e. The average molecular weight is 458 g/mol. The summed E-state index contributed by atoms with van der Waals surface area (Å²) in [4.78, 5) is 11.9. The van der Waals surface area contributed by atoms with Gasteiger partial charge < -0.3 is 15.5 Å². The van der Waals surface area contributed by atoms with Gasteiger partial charge in [-0.3, -0.25) is 9.88 Å². The smallest absolute Gasteiger partial charge is 0.0594 e. The Morgan fingerprint density at radius 2 is 2.06 bits per heavy atom. The maximum Gasteiger partial charge on any atom is 0.0594 e. The van der Waals surface area contributed by atoms with Gasteiger partial charge in [0.2, 0.25) is 0 Å². The second-order valence-electron chi connectivity index (χ2n) is 8.69. The van der Waals surface area contributed by atoms with Crippen LogP contribution >= 0.6 is 11.3 Å². The molecule has 5 nitrogen and oxygen atoms in total.